The van der Waals surface area contributed by atoms with E-state index in [1.165, 1.54) is 10.6 Å². The van der Waals surface area contributed by atoms with Crippen molar-refractivity contribution >= 4 is 16.8 Å². The van der Waals surface area contributed by atoms with Gasteiger partial charge in [-0.3, -0.25) is 4.99 Å². The Morgan fingerprint density at radius 1 is 1.58 bits per heavy atom. The zero-order valence-electron chi connectivity index (χ0n) is 7.45. The number of thioether (sulfide) groups is 1. The maximum Gasteiger partial charge on any atom is 0.0850 e. The third kappa shape index (κ3) is 1.36. The molecule has 0 amide bonds. The van der Waals surface area contributed by atoms with Crippen molar-refractivity contribution in [3.05, 3.63) is 23.8 Å². The Hall–Kier alpha value is -0.500. The van der Waals surface area contributed by atoms with Gasteiger partial charge in [-0.1, -0.05) is 30.7 Å². The van der Waals surface area contributed by atoms with Gasteiger partial charge >= 0.3 is 0 Å². The summed E-state index contributed by atoms with van der Waals surface area (Å²) < 4.78 is 0. The molecule has 0 bridgehead atoms. The molecular formula is C10H13NS. The third-order valence-electron chi connectivity index (χ3n) is 2.27. The van der Waals surface area contributed by atoms with Gasteiger partial charge in [0.05, 0.1) is 16.3 Å². The number of fused-ring (bicyclic) bond motifs is 1. The maximum absolute atomic E-state index is 4.53. The highest BCUT2D eigenvalue weighted by molar-refractivity contribution is 8.14. The van der Waals surface area contributed by atoms with Crippen LogP contribution in [0.1, 0.15) is 20.3 Å². The Morgan fingerprint density at radius 2 is 2.42 bits per heavy atom. The molecule has 1 nitrogen and oxygen atoms in total. The first kappa shape index (κ1) is 8.11. The van der Waals surface area contributed by atoms with Crippen LogP contribution < -0.4 is 0 Å². The molecule has 12 heavy (non-hydrogen) atoms. The molecule has 1 heterocycles. The second-order valence-electron chi connectivity index (χ2n) is 3.18. The largest absolute Gasteiger partial charge is 0.274 e. The molecule has 2 heteroatoms. The van der Waals surface area contributed by atoms with E-state index in [9.17, 15) is 0 Å². The van der Waals surface area contributed by atoms with Crippen LogP contribution in [0.15, 0.2) is 28.8 Å². The molecule has 0 radical (unpaired) electrons. The van der Waals surface area contributed by atoms with E-state index < -0.39 is 0 Å². The Kier molecular flexibility index (Phi) is 2.09. The number of hydrogen-bond donors (Lipinski definition) is 0. The maximum atomic E-state index is 4.53. The third-order valence-corrected chi connectivity index (χ3v) is 3.40. The van der Waals surface area contributed by atoms with Crippen molar-refractivity contribution in [1.29, 1.82) is 0 Å². The van der Waals surface area contributed by atoms with E-state index in [1.54, 1.807) is 0 Å². The lowest BCUT2D eigenvalue weighted by Gasteiger charge is -2.15. The number of aliphatic imine (C=N–C) groups is 1. The summed E-state index contributed by atoms with van der Waals surface area (Å²) in [5.74, 6) is 0. The van der Waals surface area contributed by atoms with E-state index in [2.05, 4.69) is 37.1 Å². The molecule has 0 N–H and O–H groups in total. The summed E-state index contributed by atoms with van der Waals surface area (Å²) >= 11 is 1.89. The van der Waals surface area contributed by atoms with Gasteiger partial charge in [0.1, 0.15) is 0 Å². The first-order chi connectivity index (χ1) is 5.79. The zero-order valence-corrected chi connectivity index (χ0v) is 8.27. The second-order valence-corrected chi connectivity index (χ2v) is 4.55. The predicted octanol–water partition coefficient (Wildman–Crippen LogP) is 2.80. The van der Waals surface area contributed by atoms with Crippen LogP contribution in [-0.2, 0) is 0 Å². The zero-order chi connectivity index (χ0) is 8.55. The van der Waals surface area contributed by atoms with Gasteiger partial charge in [-0.2, -0.15) is 0 Å². The molecule has 2 unspecified atom stereocenters. The molecular weight excluding hydrogens is 166 g/mol. The van der Waals surface area contributed by atoms with Crippen molar-refractivity contribution in [2.75, 3.05) is 0 Å². The molecule has 0 spiro atoms. The van der Waals surface area contributed by atoms with E-state index in [0.717, 1.165) is 6.42 Å². The van der Waals surface area contributed by atoms with Crippen LogP contribution in [0, 0.1) is 0 Å². The molecule has 2 atom stereocenters. The SMILES string of the molecule is CCC1=CC2SC(C)=NC2C=C1. The highest BCUT2D eigenvalue weighted by Gasteiger charge is 2.26. The number of rotatable bonds is 1. The van der Waals surface area contributed by atoms with Crippen LogP contribution in [-0.4, -0.2) is 16.3 Å². The highest BCUT2D eigenvalue weighted by atomic mass is 32.2. The Morgan fingerprint density at radius 3 is 3.17 bits per heavy atom. The molecule has 0 fully saturated rings. The van der Waals surface area contributed by atoms with E-state index in [-0.39, 0.29) is 0 Å². The Bertz CT molecular complexity index is 276. The van der Waals surface area contributed by atoms with Crippen molar-refractivity contribution in [1.82, 2.24) is 0 Å². The molecule has 0 aromatic heterocycles. The Balaban J connectivity index is 2.18. The minimum atomic E-state index is 0.422. The smallest absolute Gasteiger partial charge is 0.0850 e. The van der Waals surface area contributed by atoms with Gasteiger partial charge in [0.2, 0.25) is 0 Å². The molecule has 0 saturated heterocycles. The molecule has 1 aliphatic heterocycles. The van der Waals surface area contributed by atoms with Crippen LogP contribution in [0.3, 0.4) is 0 Å². The van der Waals surface area contributed by atoms with Crippen LogP contribution >= 0.6 is 11.8 Å². The summed E-state index contributed by atoms with van der Waals surface area (Å²) in [6.45, 7) is 4.29. The number of allylic oxidation sites excluding steroid dienone is 2. The van der Waals surface area contributed by atoms with Crippen LogP contribution in [0.25, 0.3) is 0 Å². The van der Waals surface area contributed by atoms with Gasteiger partial charge < -0.3 is 0 Å². The topological polar surface area (TPSA) is 12.4 Å². The molecule has 0 aromatic rings. The molecule has 0 saturated carbocycles. The summed E-state index contributed by atoms with van der Waals surface area (Å²) in [7, 11) is 0. The lowest BCUT2D eigenvalue weighted by Crippen LogP contribution is -2.15. The summed E-state index contributed by atoms with van der Waals surface area (Å²) in [6, 6.07) is 0.422. The van der Waals surface area contributed by atoms with Crippen molar-refractivity contribution in [3.63, 3.8) is 0 Å². The van der Waals surface area contributed by atoms with Gasteiger partial charge in [0.15, 0.2) is 0 Å². The highest BCUT2D eigenvalue weighted by Crippen LogP contribution is 2.32. The summed E-state index contributed by atoms with van der Waals surface area (Å²) in [5.41, 5.74) is 1.45. The molecule has 1 aliphatic carbocycles. The first-order valence-electron chi connectivity index (χ1n) is 4.39. The normalized spacial score (nSPS) is 32.8. The van der Waals surface area contributed by atoms with Crippen LogP contribution in [0.5, 0.6) is 0 Å². The number of nitrogens with zero attached hydrogens (tertiary/aromatic N) is 1. The van der Waals surface area contributed by atoms with Crippen LogP contribution in [0.2, 0.25) is 0 Å². The fraction of sp³-hybridized carbons (Fsp3) is 0.500. The van der Waals surface area contributed by atoms with Crippen molar-refractivity contribution < 1.29 is 0 Å². The van der Waals surface area contributed by atoms with Crippen molar-refractivity contribution in [2.45, 2.75) is 31.6 Å². The monoisotopic (exact) mass is 179 g/mol. The second kappa shape index (κ2) is 3.09. The average Bonchev–Trinajstić information content (AvgIpc) is 2.43. The lowest BCUT2D eigenvalue weighted by atomic mass is 10.0. The summed E-state index contributed by atoms with van der Waals surface area (Å²) in [6.07, 6.45) is 7.94. The van der Waals surface area contributed by atoms with Gasteiger partial charge in [-0.05, 0) is 13.3 Å². The van der Waals surface area contributed by atoms with Gasteiger partial charge in [0.25, 0.3) is 0 Å². The van der Waals surface area contributed by atoms with Gasteiger partial charge in [-0.25, -0.2) is 0 Å². The standard InChI is InChI=1S/C10H13NS/c1-3-8-4-5-9-10(6-8)12-7(2)11-9/h4-6,9-10H,3H2,1-2H3. The van der Waals surface area contributed by atoms with Gasteiger partial charge in [0, 0.05) is 0 Å². The van der Waals surface area contributed by atoms with E-state index in [4.69, 9.17) is 0 Å². The molecule has 0 aromatic carbocycles. The minimum Gasteiger partial charge on any atom is -0.274 e. The molecule has 64 valence electrons. The predicted molar refractivity (Wildman–Crippen MR) is 55.8 cm³/mol. The summed E-state index contributed by atoms with van der Waals surface area (Å²) in [5, 5.41) is 1.81. The fourth-order valence-electron chi connectivity index (χ4n) is 1.59. The molecule has 2 aliphatic rings. The van der Waals surface area contributed by atoms with E-state index in [0.29, 0.717) is 11.3 Å². The van der Waals surface area contributed by atoms with Crippen molar-refractivity contribution in [2.24, 2.45) is 4.99 Å². The Labute approximate surface area is 77.7 Å². The van der Waals surface area contributed by atoms with Gasteiger partial charge in [-0.15, -0.1) is 11.8 Å². The average molecular weight is 179 g/mol. The number of hydrogen-bond acceptors (Lipinski definition) is 2. The minimum absolute atomic E-state index is 0.422. The van der Waals surface area contributed by atoms with Crippen LogP contribution in [0.4, 0.5) is 0 Å². The lowest BCUT2D eigenvalue weighted by molar-refractivity contribution is 0.845. The molecule has 2 rings (SSSR count). The van der Waals surface area contributed by atoms with E-state index >= 15 is 0 Å². The van der Waals surface area contributed by atoms with Crippen molar-refractivity contribution in [3.8, 4) is 0 Å². The van der Waals surface area contributed by atoms with E-state index in [1.807, 2.05) is 11.8 Å². The fourth-order valence-corrected chi connectivity index (χ4v) is 2.70. The quantitative estimate of drug-likeness (QED) is 0.603. The first-order valence-corrected chi connectivity index (χ1v) is 5.27. The summed E-state index contributed by atoms with van der Waals surface area (Å²) in [4.78, 5) is 4.53.